The molecule has 1 aliphatic rings. The summed E-state index contributed by atoms with van der Waals surface area (Å²) in [7, 11) is 2.01. The van der Waals surface area contributed by atoms with Gasteiger partial charge in [-0.2, -0.15) is 13.2 Å². The Hall–Kier alpha value is -2.05. The van der Waals surface area contributed by atoms with Crippen molar-refractivity contribution in [2.75, 3.05) is 13.6 Å². The highest BCUT2D eigenvalue weighted by Gasteiger charge is 2.32. The van der Waals surface area contributed by atoms with Gasteiger partial charge in [0.25, 0.3) is 0 Å². The lowest BCUT2D eigenvalue weighted by Crippen LogP contribution is -2.27. The van der Waals surface area contributed by atoms with Crippen LogP contribution < -0.4 is 0 Å². The molecule has 0 fully saturated rings. The van der Waals surface area contributed by atoms with E-state index in [1.807, 2.05) is 25.2 Å². The topological polar surface area (TPSA) is 21.1 Å². The van der Waals surface area contributed by atoms with E-state index in [1.54, 1.807) is 12.3 Å². The average Bonchev–Trinajstić information content (AvgIpc) is 2.92. The first-order valence-corrected chi connectivity index (χ1v) is 8.73. The Morgan fingerprint density at radius 3 is 2.67 bits per heavy atom. The van der Waals surface area contributed by atoms with Crippen molar-refractivity contribution in [1.82, 2.24) is 14.5 Å². The molecule has 0 aliphatic carbocycles. The number of fused-ring (bicyclic) bond motifs is 3. The monoisotopic (exact) mass is 395 g/mol. The number of aromatic nitrogens is 2. The lowest BCUT2D eigenvalue weighted by Gasteiger charge is -2.24. The van der Waals surface area contributed by atoms with Gasteiger partial charge in [-0.25, -0.2) is 0 Å². The molecule has 1 aliphatic heterocycles. The zero-order valence-electron chi connectivity index (χ0n) is 15.0. The molecule has 0 saturated heterocycles. The molecule has 2 aromatic heterocycles. The van der Waals surface area contributed by atoms with Crippen LogP contribution in [0.15, 0.2) is 42.6 Å². The third-order valence-electron chi connectivity index (χ3n) is 5.09. The van der Waals surface area contributed by atoms with E-state index in [0.717, 1.165) is 53.8 Å². The van der Waals surface area contributed by atoms with E-state index in [1.165, 1.54) is 12.1 Å². The first-order valence-electron chi connectivity index (χ1n) is 8.73. The van der Waals surface area contributed by atoms with Crippen molar-refractivity contribution >= 4 is 23.3 Å². The second kappa shape index (κ2) is 7.52. The van der Waals surface area contributed by atoms with E-state index in [2.05, 4.69) is 14.5 Å². The molecule has 0 unspecified atom stereocenters. The Kier molecular flexibility index (Phi) is 5.49. The van der Waals surface area contributed by atoms with Crippen LogP contribution in [0, 0.1) is 0 Å². The van der Waals surface area contributed by atoms with Crippen LogP contribution in [-0.2, 0) is 32.1 Å². The molecule has 0 radical (unpaired) electrons. The number of benzene rings is 1. The molecule has 1 aromatic carbocycles. The van der Waals surface area contributed by atoms with Gasteiger partial charge in [0.05, 0.1) is 5.56 Å². The fraction of sp³-hybridized carbons (Fsp3) is 0.350. The summed E-state index contributed by atoms with van der Waals surface area (Å²) in [6.45, 7) is 2.32. The number of pyridine rings is 1. The predicted molar refractivity (Wildman–Crippen MR) is 102 cm³/mol. The van der Waals surface area contributed by atoms with Crippen molar-refractivity contribution in [3.05, 3.63) is 65.1 Å². The quantitative estimate of drug-likeness (QED) is 0.640. The molecule has 3 aromatic rings. The van der Waals surface area contributed by atoms with Gasteiger partial charge in [-0.1, -0.05) is 6.07 Å². The summed E-state index contributed by atoms with van der Waals surface area (Å²) in [6, 6.07) is 9.93. The first-order chi connectivity index (χ1) is 12.4. The Morgan fingerprint density at radius 2 is 1.96 bits per heavy atom. The number of hydrogen-bond donors (Lipinski definition) is 0. The van der Waals surface area contributed by atoms with Crippen molar-refractivity contribution in [3.63, 3.8) is 0 Å². The van der Waals surface area contributed by atoms with Crippen LogP contribution in [0.25, 0.3) is 10.9 Å². The van der Waals surface area contributed by atoms with E-state index in [-0.39, 0.29) is 12.4 Å². The van der Waals surface area contributed by atoms with Gasteiger partial charge in [0.1, 0.15) is 0 Å². The van der Waals surface area contributed by atoms with E-state index >= 15 is 0 Å². The van der Waals surface area contributed by atoms with Crippen LogP contribution in [0.2, 0.25) is 0 Å². The van der Waals surface area contributed by atoms with Gasteiger partial charge in [-0.3, -0.25) is 4.98 Å². The SMILES string of the molecule is CN1CCc2c(c3cc(C(F)(F)F)ccc3n2CCc2ccccn2)C1.Cl. The van der Waals surface area contributed by atoms with E-state index in [0.29, 0.717) is 6.54 Å². The van der Waals surface area contributed by atoms with Crippen molar-refractivity contribution in [2.24, 2.45) is 0 Å². The van der Waals surface area contributed by atoms with Crippen LogP contribution in [0.4, 0.5) is 13.2 Å². The van der Waals surface area contributed by atoms with Gasteiger partial charge < -0.3 is 9.47 Å². The Bertz CT molecular complexity index is 935. The van der Waals surface area contributed by atoms with Gasteiger partial charge >= 0.3 is 6.18 Å². The number of hydrogen-bond acceptors (Lipinski definition) is 2. The first kappa shape index (κ1) is 19.7. The fourth-order valence-corrected chi connectivity index (χ4v) is 3.79. The maximum Gasteiger partial charge on any atom is 0.416 e. The minimum Gasteiger partial charge on any atom is -0.344 e. The Morgan fingerprint density at radius 1 is 1.15 bits per heavy atom. The van der Waals surface area contributed by atoms with Gasteiger partial charge in [0, 0.05) is 61.0 Å². The lowest BCUT2D eigenvalue weighted by atomic mass is 10.0. The summed E-state index contributed by atoms with van der Waals surface area (Å²) in [4.78, 5) is 6.52. The number of nitrogens with zero attached hydrogens (tertiary/aromatic N) is 3. The molecule has 3 heterocycles. The normalized spacial score (nSPS) is 14.8. The maximum absolute atomic E-state index is 13.2. The molecular formula is C20H21ClF3N3. The number of aryl methyl sites for hydroxylation is 2. The number of alkyl halides is 3. The summed E-state index contributed by atoms with van der Waals surface area (Å²) in [6.07, 6.45) is -0.946. The Balaban J connectivity index is 0.00000210. The zero-order valence-corrected chi connectivity index (χ0v) is 15.8. The van der Waals surface area contributed by atoms with Gasteiger partial charge in [0.2, 0.25) is 0 Å². The fourth-order valence-electron chi connectivity index (χ4n) is 3.79. The number of halogens is 4. The Labute approximate surface area is 162 Å². The molecule has 0 amide bonds. The van der Waals surface area contributed by atoms with Crippen LogP contribution in [-0.4, -0.2) is 28.0 Å². The second-order valence-electron chi connectivity index (χ2n) is 6.87. The molecule has 0 N–H and O–H groups in total. The minimum atomic E-state index is -4.32. The smallest absolute Gasteiger partial charge is 0.344 e. The van der Waals surface area contributed by atoms with Gasteiger partial charge in [0.15, 0.2) is 0 Å². The van der Waals surface area contributed by atoms with Crippen molar-refractivity contribution in [1.29, 1.82) is 0 Å². The molecule has 3 nitrogen and oxygen atoms in total. The van der Waals surface area contributed by atoms with E-state index in [9.17, 15) is 13.2 Å². The molecular weight excluding hydrogens is 375 g/mol. The molecule has 27 heavy (non-hydrogen) atoms. The third kappa shape index (κ3) is 3.82. The van der Waals surface area contributed by atoms with Crippen LogP contribution in [0.3, 0.4) is 0 Å². The minimum absolute atomic E-state index is 0. The summed E-state index contributed by atoms with van der Waals surface area (Å²) >= 11 is 0. The highest BCUT2D eigenvalue weighted by Crippen LogP contribution is 2.36. The largest absolute Gasteiger partial charge is 0.416 e. The van der Waals surface area contributed by atoms with Gasteiger partial charge in [-0.05, 0) is 42.9 Å². The van der Waals surface area contributed by atoms with Gasteiger partial charge in [-0.15, -0.1) is 12.4 Å². The number of likely N-dealkylation sites (N-methyl/N-ethyl adjacent to an activating group) is 1. The lowest BCUT2D eigenvalue weighted by molar-refractivity contribution is -0.137. The van der Waals surface area contributed by atoms with Crippen molar-refractivity contribution < 1.29 is 13.2 Å². The summed E-state index contributed by atoms with van der Waals surface area (Å²) < 4.78 is 41.7. The third-order valence-corrected chi connectivity index (χ3v) is 5.09. The second-order valence-corrected chi connectivity index (χ2v) is 6.87. The summed E-state index contributed by atoms with van der Waals surface area (Å²) in [5.41, 5.74) is 3.48. The molecule has 0 bridgehead atoms. The highest BCUT2D eigenvalue weighted by molar-refractivity contribution is 5.86. The molecule has 144 valence electrons. The maximum atomic E-state index is 13.2. The zero-order chi connectivity index (χ0) is 18.3. The summed E-state index contributed by atoms with van der Waals surface area (Å²) in [5, 5.41) is 0.724. The molecule has 4 rings (SSSR count). The van der Waals surface area contributed by atoms with Crippen LogP contribution >= 0.6 is 12.4 Å². The van der Waals surface area contributed by atoms with E-state index < -0.39 is 11.7 Å². The molecule has 0 atom stereocenters. The van der Waals surface area contributed by atoms with Crippen molar-refractivity contribution in [2.45, 2.75) is 32.1 Å². The van der Waals surface area contributed by atoms with E-state index in [4.69, 9.17) is 0 Å². The number of rotatable bonds is 3. The van der Waals surface area contributed by atoms with Crippen molar-refractivity contribution in [3.8, 4) is 0 Å². The average molecular weight is 396 g/mol. The molecule has 0 saturated carbocycles. The highest BCUT2D eigenvalue weighted by atomic mass is 35.5. The van der Waals surface area contributed by atoms with Crippen LogP contribution in [0.1, 0.15) is 22.5 Å². The molecule has 0 spiro atoms. The molecule has 7 heteroatoms. The standard InChI is InChI=1S/C20H20F3N3.ClH/c1-25-10-8-19-17(13-25)16-12-14(20(21,22)23)5-6-18(16)26(19)11-7-15-4-2-3-9-24-15;/h2-6,9,12H,7-8,10-11,13H2,1H3;1H. The summed E-state index contributed by atoms with van der Waals surface area (Å²) in [5.74, 6) is 0. The predicted octanol–water partition coefficient (Wildman–Crippen LogP) is 4.71. The van der Waals surface area contributed by atoms with Crippen LogP contribution in [0.5, 0.6) is 0 Å².